The molecule has 7 nitrogen and oxygen atoms in total. The fourth-order valence-corrected chi connectivity index (χ4v) is 7.49. The van der Waals surface area contributed by atoms with Crippen molar-refractivity contribution in [2.45, 2.75) is 43.5 Å². The molecule has 2 saturated heterocycles. The van der Waals surface area contributed by atoms with E-state index in [1.54, 1.807) is 23.5 Å². The minimum atomic E-state index is -3.65. The van der Waals surface area contributed by atoms with E-state index < -0.39 is 10.0 Å². The van der Waals surface area contributed by atoms with E-state index in [0.717, 1.165) is 34.6 Å². The van der Waals surface area contributed by atoms with Crippen LogP contribution in [-0.2, 0) is 14.8 Å². The smallest absolute Gasteiger partial charge is 0.243 e. The molecule has 3 aromatic rings. The predicted octanol–water partition coefficient (Wildman–Crippen LogP) is 4.26. The Morgan fingerprint density at radius 3 is 2.35 bits per heavy atom. The summed E-state index contributed by atoms with van der Waals surface area (Å²) in [4.78, 5) is 31.8. The normalized spacial score (nSPS) is 20.1. The van der Waals surface area contributed by atoms with Gasteiger partial charge in [-0.25, -0.2) is 13.4 Å². The summed E-state index contributed by atoms with van der Waals surface area (Å²) in [6.45, 7) is 2.80. The van der Waals surface area contributed by atoms with Crippen molar-refractivity contribution in [3.63, 3.8) is 0 Å². The SMILES string of the molecule is CC(=O)c1ccc(S(=O)(=O)N2CCC(C(=O)N3CCC[C@H]3c3nc4ccccc4s3)CC2)cc1. The number of hydrogen-bond donors (Lipinski definition) is 0. The maximum Gasteiger partial charge on any atom is 0.243 e. The minimum Gasteiger partial charge on any atom is -0.333 e. The van der Waals surface area contributed by atoms with Gasteiger partial charge in [0, 0.05) is 31.1 Å². The minimum absolute atomic E-state index is 0.00597. The van der Waals surface area contributed by atoms with Gasteiger partial charge < -0.3 is 4.90 Å². The van der Waals surface area contributed by atoms with Crippen LogP contribution in [0.1, 0.15) is 54.0 Å². The molecule has 178 valence electrons. The van der Waals surface area contributed by atoms with Crippen molar-refractivity contribution in [3.8, 4) is 0 Å². The first-order chi connectivity index (χ1) is 16.3. The highest BCUT2D eigenvalue weighted by Crippen LogP contribution is 2.38. The summed E-state index contributed by atoms with van der Waals surface area (Å²) in [5.74, 6) is -0.166. The Balaban J connectivity index is 1.25. The number of carbonyl (C=O) groups excluding carboxylic acids is 2. The summed E-state index contributed by atoms with van der Waals surface area (Å²) in [7, 11) is -3.65. The zero-order valence-corrected chi connectivity index (χ0v) is 20.6. The second kappa shape index (κ2) is 9.20. The molecule has 2 fully saturated rings. The van der Waals surface area contributed by atoms with E-state index in [1.807, 2.05) is 23.1 Å². The number of para-hydroxylation sites is 1. The van der Waals surface area contributed by atoms with Crippen LogP contribution in [0.15, 0.2) is 53.4 Å². The number of piperidine rings is 1. The molecule has 0 spiro atoms. The lowest BCUT2D eigenvalue weighted by Crippen LogP contribution is -2.44. The largest absolute Gasteiger partial charge is 0.333 e. The first-order valence-electron chi connectivity index (χ1n) is 11.6. The number of aromatic nitrogens is 1. The highest BCUT2D eigenvalue weighted by molar-refractivity contribution is 7.89. The molecule has 0 bridgehead atoms. The number of Topliss-reactive ketones (excluding diaryl/α,β-unsaturated/α-hetero) is 1. The van der Waals surface area contributed by atoms with Crippen molar-refractivity contribution in [3.05, 3.63) is 59.1 Å². The molecule has 0 aliphatic carbocycles. The molecule has 0 radical (unpaired) electrons. The molecule has 2 aliphatic heterocycles. The molecule has 0 saturated carbocycles. The molecule has 1 amide bonds. The van der Waals surface area contributed by atoms with Crippen LogP contribution in [0.2, 0.25) is 0 Å². The second-order valence-corrected chi connectivity index (χ2v) is 12.0. The average Bonchev–Trinajstić information content (AvgIpc) is 3.50. The Bertz CT molecular complexity index is 1290. The Hall–Kier alpha value is -2.62. The van der Waals surface area contributed by atoms with E-state index in [2.05, 4.69) is 6.07 Å². The Labute approximate surface area is 203 Å². The van der Waals surface area contributed by atoms with Crippen LogP contribution in [0.25, 0.3) is 10.2 Å². The van der Waals surface area contributed by atoms with Gasteiger partial charge in [-0.2, -0.15) is 4.31 Å². The second-order valence-electron chi connectivity index (χ2n) is 8.97. The highest BCUT2D eigenvalue weighted by atomic mass is 32.2. The van der Waals surface area contributed by atoms with Crippen LogP contribution in [0, 0.1) is 5.92 Å². The molecule has 3 heterocycles. The van der Waals surface area contributed by atoms with Gasteiger partial charge in [0.05, 0.1) is 21.2 Å². The van der Waals surface area contributed by atoms with Gasteiger partial charge in [-0.3, -0.25) is 9.59 Å². The quantitative estimate of drug-likeness (QED) is 0.492. The maximum absolute atomic E-state index is 13.4. The summed E-state index contributed by atoms with van der Waals surface area (Å²) in [5, 5.41) is 0.987. The molecule has 1 atom stereocenters. The lowest BCUT2D eigenvalue weighted by Gasteiger charge is -2.34. The van der Waals surface area contributed by atoms with Gasteiger partial charge in [0.25, 0.3) is 0 Å². The molecule has 1 aromatic heterocycles. The topological polar surface area (TPSA) is 87.7 Å². The van der Waals surface area contributed by atoms with Crippen LogP contribution in [0.4, 0.5) is 0 Å². The number of thiazole rings is 1. The number of benzene rings is 2. The van der Waals surface area contributed by atoms with Crippen molar-refractivity contribution < 1.29 is 18.0 Å². The number of nitrogens with zero attached hydrogens (tertiary/aromatic N) is 3. The van der Waals surface area contributed by atoms with Gasteiger partial charge in [0.2, 0.25) is 15.9 Å². The summed E-state index contributed by atoms with van der Waals surface area (Å²) in [6, 6.07) is 14.1. The molecular formula is C25H27N3O4S2. The van der Waals surface area contributed by atoms with Crippen LogP contribution in [0.3, 0.4) is 0 Å². The summed E-state index contributed by atoms with van der Waals surface area (Å²) < 4.78 is 28.7. The number of carbonyl (C=O) groups is 2. The number of fused-ring (bicyclic) bond motifs is 1. The van der Waals surface area contributed by atoms with E-state index in [4.69, 9.17) is 4.98 Å². The molecule has 5 rings (SSSR count). The molecule has 9 heteroatoms. The molecule has 34 heavy (non-hydrogen) atoms. The van der Waals surface area contributed by atoms with Crippen molar-refractivity contribution in [2.75, 3.05) is 19.6 Å². The number of amides is 1. The summed E-state index contributed by atoms with van der Waals surface area (Å²) in [5.41, 5.74) is 1.45. The van der Waals surface area contributed by atoms with Gasteiger partial charge in [0.1, 0.15) is 5.01 Å². The van der Waals surface area contributed by atoms with E-state index in [-0.39, 0.29) is 28.5 Å². The zero-order chi connectivity index (χ0) is 23.9. The standard InChI is InChI=1S/C25H27N3O4S2/c1-17(29)18-8-10-20(11-9-18)34(31,32)27-15-12-19(13-16-27)25(30)28-14-4-6-22(28)24-26-21-5-2-3-7-23(21)33-24/h2-3,5,7-11,19,22H,4,6,12-16H2,1H3/t22-/m0/s1. The van der Waals surface area contributed by atoms with Crippen LogP contribution in [0.5, 0.6) is 0 Å². The fraction of sp³-hybridized carbons (Fsp3) is 0.400. The molecule has 0 N–H and O–H groups in total. The molecule has 2 aromatic carbocycles. The van der Waals surface area contributed by atoms with Crippen molar-refractivity contribution in [1.82, 2.24) is 14.2 Å². The van der Waals surface area contributed by atoms with Gasteiger partial charge in [-0.05, 0) is 56.9 Å². The van der Waals surface area contributed by atoms with Crippen LogP contribution < -0.4 is 0 Å². The lowest BCUT2D eigenvalue weighted by molar-refractivity contribution is -0.137. The Morgan fingerprint density at radius 2 is 1.68 bits per heavy atom. The lowest BCUT2D eigenvalue weighted by atomic mass is 9.96. The number of hydrogen-bond acceptors (Lipinski definition) is 6. The van der Waals surface area contributed by atoms with Crippen LogP contribution >= 0.6 is 11.3 Å². The number of likely N-dealkylation sites (tertiary alicyclic amines) is 1. The van der Waals surface area contributed by atoms with E-state index in [0.29, 0.717) is 31.5 Å². The molecular weight excluding hydrogens is 470 g/mol. The number of ketones is 1. The molecule has 0 unspecified atom stereocenters. The van der Waals surface area contributed by atoms with Gasteiger partial charge in [0.15, 0.2) is 5.78 Å². The Kier molecular flexibility index (Phi) is 6.26. The summed E-state index contributed by atoms with van der Waals surface area (Å²) in [6.07, 6.45) is 2.88. The first-order valence-corrected chi connectivity index (χ1v) is 13.9. The van der Waals surface area contributed by atoms with Crippen molar-refractivity contribution in [1.29, 1.82) is 0 Å². The van der Waals surface area contributed by atoms with Crippen LogP contribution in [-0.4, -0.2) is 53.9 Å². The van der Waals surface area contributed by atoms with E-state index in [9.17, 15) is 18.0 Å². The number of sulfonamides is 1. The third-order valence-electron chi connectivity index (χ3n) is 6.83. The zero-order valence-electron chi connectivity index (χ0n) is 19.0. The van der Waals surface area contributed by atoms with E-state index in [1.165, 1.54) is 23.4 Å². The van der Waals surface area contributed by atoms with E-state index >= 15 is 0 Å². The van der Waals surface area contributed by atoms with Crippen molar-refractivity contribution in [2.24, 2.45) is 5.92 Å². The average molecular weight is 498 g/mol. The molecule has 2 aliphatic rings. The maximum atomic E-state index is 13.4. The third-order valence-corrected chi connectivity index (χ3v) is 9.88. The van der Waals surface area contributed by atoms with Gasteiger partial charge >= 0.3 is 0 Å². The predicted molar refractivity (Wildman–Crippen MR) is 131 cm³/mol. The Morgan fingerprint density at radius 1 is 0.971 bits per heavy atom. The monoisotopic (exact) mass is 497 g/mol. The van der Waals surface area contributed by atoms with Crippen molar-refractivity contribution >= 4 is 43.3 Å². The van der Waals surface area contributed by atoms with Gasteiger partial charge in [-0.15, -0.1) is 11.3 Å². The highest BCUT2D eigenvalue weighted by Gasteiger charge is 2.38. The number of rotatable bonds is 5. The third kappa shape index (κ3) is 4.28. The fourth-order valence-electron chi connectivity index (χ4n) is 4.91. The summed E-state index contributed by atoms with van der Waals surface area (Å²) >= 11 is 1.65. The first kappa shape index (κ1) is 23.1. The van der Waals surface area contributed by atoms with Gasteiger partial charge in [-0.1, -0.05) is 24.3 Å².